The van der Waals surface area contributed by atoms with Crippen LogP contribution in [0.2, 0.25) is 0 Å². The number of nitrogens with zero attached hydrogens (tertiary/aromatic N) is 1. The molecule has 1 N–H and O–H groups in total. The average Bonchev–Trinajstić information content (AvgIpc) is 2.35. The van der Waals surface area contributed by atoms with Crippen LogP contribution in [0.4, 0.5) is 0 Å². The van der Waals surface area contributed by atoms with E-state index >= 15 is 0 Å². The van der Waals surface area contributed by atoms with E-state index in [0.29, 0.717) is 6.04 Å². The quantitative estimate of drug-likeness (QED) is 0.845. The average molecular weight is 214 g/mol. The topological polar surface area (TPSA) is 24.9 Å². The maximum absolute atomic E-state index is 4.45. The number of benzene rings is 1. The van der Waals surface area contributed by atoms with Crippen LogP contribution in [0.25, 0.3) is 10.8 Å². The number of hydrogen-bond acceptors (Lipinski definition) is 2. The SMILES string of the molecule is CCC(C)NCc1nccc2ccccc12. The van der Waals surface area contributed by atoms with Gasteiger partial charge in [0.15, 0.2) is 0 Å². The molecule has 0 radical (unpaired) electrons. The summed E-state index contributed by atoms with van der Waals surface area (Å²) in [5.74, 6) is 0. The molecule has 2 aromatic rings. The summed E-state index contributed by atoms with van der Waals surface area (Å²) in [4.78, 5) is 4.45. The summed E-state index contributed by atoms with van der Waals surface area (Å²) in [6, 6.07) is 11.0. The van der Waals surface area contributed by atoms with Gasteiger partial charge in [-0.2, -0.15) is 0 Å². The van der Waals surface area contributed by atoms with Gasteiger partial charge in [0, 0.05) is 24.2 Å². The van der Waals surface area contributed by atoms with E-state index in [-0.39, 0.29) is 0 Å². The van der Waals surface area contributed by atoms with Crippen molar-refractivity contribution in [1.29, 1.82) is 0 Å². The van der Waals surface area contributed by atoms with Crippen LogP contribution in [0.1, 0.15) is 26.0 Å². The molecule has 0 aliphatic carbocycles. The molecule has 0 fully saturated rings. The summed E-state index contributed by atoms with van der Waals surface area (Å²) >= 11 is 0. The Labute approximate surface area is 96.7 Å². The molecule has 0 aliphatic heterocycles. The smallest absolute Gasteiger partial charge is 0.0619 e. The minimum absolute atomic E-state index is 0.542. The molecule has 84 valence electrons. The summed E-state index contributed by atoms with van der Waals surface area (Å²) in [6.45, 7) is 5.23. The van der Waals surface area contributed by atoms with Crippen LogP contribution in [0.15, 0.2) is 36.5 Å². The molecule has 1 aromatic heterocycles. The van der Waals surface area contributed by atoms with E-state index in [1.807, 2.05) is 6.20 Å². The molecule has 1 heterocycles. The lowest BCUT2D eigenvalue weighted by atomic mass is 10.1. The number of pyridine rings is 1. The summed E-state index contributed by atoms with van der Waals surface area (Å²) in [7, 11) is 0. The van der Waals surface area contributed by atoms with E-state index in [9.17, 15) is 0 Å². The predicted molar refractivity (Wildman–Crippen MR) is 68.3 cm³/mol. The van der Waals surface area contributed by atoms with Gasteiger partial charge in [-0.05, 0) is 24.8 Å². The molecule has 0 bridgehead atoms. The van der Waals surface area contributed by atoms with Crippen LogP contribution in [-0.4, -0.2) is 11.0 Å². The minimum atomic E-state index is 0.542. The first-order chi connectivity index (χ1) is 7.81. The Bertz CT molecular complexity index is 460. The van der Waals surface area contributed by atoms with Gasteiger partial charge >= 0.3 is 0 Å². The van der Waals surface area contributed by atoms with Gasteiger partial charge in [0.1, 0.15) is 0 Å². The molecule has 1 atom stereocenters. The van der Waals surface area contributed by atoms with Crippen LogP contribution in [-0.2, 0) is 6.54 Å². The summed E-state index contributed by atoms with van der Waals surface area (Å²) < 4.78 is 0. The third-order valence-corrected chi connectivity index (χ3v) is 2.99. The first-order valence-electron chi connectivity index (χ1n) is 5.87. The van der Waals surface area contributed by atoms with Crippen molar-refractivity contribution in [2.24, 2.45) is 0 Å². The Morgan fingerprint density at radius 1 is 1.25 bits per heavy atom. The molecule has 2 rings (SSSR count). The van der Waals surface area contributed by atoms with Crippen LogP contribution < -0.4 is 5.32 Å². The maximum atomic E-state index is 4.45. The maximum Gasteiger partial charge on any atom is 0.0619 e. The zero-order valence-electron chi connectivity index (χ0n) is 9.90. The summed E-state index contributed by atoms with van der Waals surface area (Å²) in [6.07, 6.45) is 3.03. The van der Waals surface area contributed by atoms with Crippen molar-refractivity contribution >= 4 is 10.8 Å². The number of rotatable bonds is 4. The van der Waals surface area contributed by atoms with E-state index in [1.54, 1.807) is 0 Å². The third-order valence-electron chi connectivity index (χ3n) is 2.99. The highest BCUT2D eigenvalue weighted by Gasteiger charge is 2.03. The first kappa shape index (κ1) is 11.1. The fourth-order valence-electron chi connectivity index (χ4n) is 1.74. The number of fused-ring (bicyclic) bond motifs is 1. The molecule has 2 nitrogen and oxygen atoms in total. The summed E-state index contributed by atoms with van der Waals surface area (Å²) in [5, 5.41) is 5.99. The molecule has 0 saturated carbocycles. The van der Waals surface area contributed by atoms with Crippen molar-refractivity contribution < 1.29 is 0 Å². The van der Waals surface area contributed by atoms with Gasteiger partial charge in [-0.1, -0.05) is 31.2 Å². The highest BCUT2D eigenvalue weighted by atomic mass is 14.9. The van der Waals surface area contributed by atoms with Crippen molar-refractivity contribution in [3.8, 4) is 0 Å². The number of nitrogens with one attached hydrogen (secondary N) is 1. The summed E-state index contributed by atoms with van der Waals surface area (Å²) in [5.41, 5.74) is 1.14. The van der Waals surface area contributed by atoms with Gasteiger partial charge in [0.25, 0.3) is 0 Å². The standard InChI is InChI=1S/C14H18N2/c1-3-11(2)16-10-14-13-7-5-4-6-12(13)8-9-15-14/h4-9,11,16H,3,10H2,1-2H3. The van der Waals surface area contributed by atoms with Gasteiger partial charge in [-0.25, -0.2) is 0 Å². The Morgan fingerprint density at radius 2 is 2.06 bits per heavy atom. The lowest BCUT2D eigenvalue weighted by Gasteiger charge is -2.11. The molecule has 2 heteroatoms. The van der Waals surface area contributed by atoms with Gasteiger partial charge in [-0.3, -0.25) is 4.98 Å². The Morgan fingerprint density at radius 3 is 2.88 bits per heavy atom. The van der Waals surface area contributed by atoms with E-state index in [4.69, 9.17) is 0 Å². The van der Waals surface area contributed by atoms with Crippen molar-refractivity contribution in [3.63, 3.8) is 0 Å². The highest BCUT2D eigenvalue weighted by Crippen LogP contribution is 2.16. The first-order valence-corrected chi connectivity index (χ1v) is 5.87. The van der Waals surface area contributed by atoms with Crippen molar-refractivity contribution in [3.05, 3.63) is 42.2 Å². The van der Waals surface area contributed by atoms with Crippen LogP contribution >= 0.6 is 0 Å². The van der Waals surface area contributed by atoms with Crippen LogP contribution in [0.3, 0.4) is 0 Å². The van der Waals surface area contributed by atoms with Gasteiger partial charge in [0.05, 0.1) is 5.69 Å². The Balaban J connectivity index is 2.23. The minimum Gasteiger partial charge on any atom is -0.309 e. The van der Waals surface area contributed by atoms with Crippen LogP contribution in [0.5, 0.6) is 0 Å². The fourth-order valence-corrected chi connectivity index (χ4v) is 1.74. The molecular weight excluding hydrogens is 196 g/mol. The molecule has 0 amide bonds. The van der Waals surface area contributed by atoms with Crippen molar-refractivity contribution in [1.82, 2.24) is 10.3 Å². The fraction of sp³-hybridized carbons (Fsp3) is 0.357. The van der Waals surface area contributed by atoms with Crippen molar-refractivity contribution in [2.75, 3.05) is 0 Å². The second kappa shape index (κ2) is 5.08. The number of aromatic nitrogens is 1. The normalized spacial score (nSPS) is 12.9. The van der Waals surface area contributed by atoms with E-state index < -0.39 is 0 Å². The van der Waals surface area contributed by atoms with Crippen molar-refractivity contribution in [2.45, 2.75) is 32.9 Å². The van der Waals surface area contributed by atoms with E-state index in [2.05, 4.69) is 54.5 Å². The second-order valence-electron chi connectivity index (χ2n) is 4.17. The molecule has 0 aliphatic rings. The molecular formula is C14H18N2. The molecule has 16 heavy (non-hydrogen) atoms. The second-order valence-corrected chi connectivity index (χ2v) is 4.17. The van der Waals surface area contributed by atoms with Crippen LogP contribution in [0, 0.1) is 0 Å². The highest BCUT2D eigenvalue weighted by molar-refractivity contribution is 5.84. The van der Waals surface area contributed by atoms with Gasteiger partial charge in [0.2, 0.25) is 0 Å². The zero-order valence-corrected chi connectivity index (χ0v) is 9.90. The van der Waals surface area contributed by atoms with Gasteiger partial charge in [-0.15, -0.1) is 0 Å². The predicted octanol–water partition coefficient (Wildman–Crippen LogP) is 3.12. The van der Waals surface area contributed by atoms with Gasteiger partial charge < -0.3 is 5.32 Å². The molecule has 1 unspecified atom stereocenters. The lowest BCUT2D eigenvalue weighted by Crippen LogP contribution is -2.24. The third kappa shape index (κ3) is 2.39. The van der Waals surface area contributed by atoms with E-state index in [0.717, 1.165) is 18.7 Å². The monoisotopic (exact) mass is 214 g/mol. The lowest BCUT2D eigenvalue weighted by molar-refractivity contribution is 0.531. The van der Waals surface area contributed by atoms with E-state index in [1.165, 1.54) is 10.8 Å². The molecule has 0 spiro atoms. The zero-order chi connectivity index (χ0) is 11.4. The molecule has 0 saturated heterocycles. The Hall–Kier alpha value is -1.41. The molecule has 1 aromatic carbocycles. The largest absolute Gasteiger partial charge is 0.309 e. The number of hydrogen-bond donors (Lipinski definition) is 1. The Kier molecular flexibility index (Phi) is 3.52.